The lowest BCUT2D eigenvalue weighted by molar-refractivity contribution is 0.152. The summed E-state index contributed by atoms with van der Waals surface area (Å²) in [5, 5.41) is 2.06. The molecule has 0 aliphatic rings. The van der Waals surface area contributed by atoms with Gasteiger partial charge in [-0.2, -0.15) is 0 Å². The highest BCUT2D eigenvalue weighted by Crippen LogP contribution is 2.30. The third-order valence-electron chi connectivity index (χ3n) is 2.09. The highest BCUT2D eigenvalue weighted by Gasteiger charge is 2.14. The van der Waals surface area contributed by atoms with Crippen molar-refractivity contribution in [3.8, 4) is 0 Å². The number of hydrogen-bond donors (Lipinski definition) is 1. The first-order valence-corrected chi connectivity index (χ1v) is 6.29. The van der Waals surface area contributed by atoms with Crippen LogP contribution in [0.4, 0.5) is 0 Å². The topological polar surface area (TPSA) is 35.2 Å². The van der Waals surface area contributed by atoms with Crippen molar-refractivity contribution in [3.05, 3.63) is 20.8 Å². The Morgan fingerprint density at radius 2 is 2.36 bits per heavy atom. The Hall–Kier alpha value is 0.100. The van der Waals surface area contributed by atoms with E-state index in [9.17, 15) is 0 Å². The summed E-state index contributed by atoms with van der Waals surface area (Å²) in [4.78, 5) is 1.23. The number of rotatable bonds is 5. The maximum atomic E-state index is 6.10. The van der Waals surface area contributed by atoms with Gasteiger partial charge in [0.2, 0.25) is 0 Å². The molecule has 0 saturated heterocycles. The van der Waals surface area contributed by atoms with Gasteiger partial charge in [0.1, 0.15) is 0 Å². The minimum Gasteiger partial charge on any atom is -0.384 e. The van der Waals surface area contributed by atoms with Gasteiger partial charge in [-0.25, -0.2) is 0 Å². The molecule has 1 aromatic heterocycles. The lowest BCUT2D eigenvalue weighted by atomic mass is 10.0. The average Bonchev–Trinajstić information content (AvgIpc) is 2.51. The Balaban J connectivity index is 2.50. The molecule has 0 aliphatic heterocycles. The Kier molecular flexibility index (Phi) is 5.09. The standard InChI is InChI=1S/C10H16BrNOS/c1-7(6-13-2)5-9(12)10-8(11)3-4-14-10/h3-4,7,9H,5-6,12H2,1-2H3. The molecule has 0 aromatic carbocycles. The summed E-state index contributed by atoms with van der Waals surface area (Å²) in [6.45, 7) is 2.93. The van der Waals surface area contributed by atoms with Crippen LogP contribution in [0.3, 0.4) is 0 Å². The number of thiophene rings is 1. The fourth-order valence-electron chi connectivity index (χ4n) is 1.46. The van der Waals surface area contributed by atoms with Crippen molar-refractivity contribution >= 4 is 27.3 Å². The molecule has 0 amide bonds. The zero-order chi connectivity index (χ0) is 10.6. The summed E-state index contributed by atoms with van der Waals surface area (Å²) < 4.78 is 6.21. The second kappa shape index (κ2) is 5.85. The van der Waals surface area contributed by atoms with Crippen LogP contribution in [0, 0.1) is 5.92 Å². The molecule has 0 fully saturated rings. The van der Waals surface area contributed by atoms with Gasteiger partial charge in [0.15, 0.2) is 0 Å². The van der Waals surface area contributed by atoms with Crippen LogP contribution in [0.25, 0.3) is 0 Å². The lowest BCUT2D eigenvalue weighted by Gasteiger charge is -2.15. The fraction of sp³-hybridized carbons (Fsp3) is 0.600. The zero-order valence-corrected chi connectivity index (χ0v) is 10.9. The van der Waals surface area contributed by atoms with Crippen LogP contribution < -0.4 is 5.73 Å². The summed E-state index contributed by atoms with van der Waals surface area (Å²) in [5.41, 5.74) is 6.10. The molecule has 4 heteroatoms. The molecule has 0 radical (unpaired) electrons. The number of ether oxygens (including phenoxy) is 1. The molecule has 1 aromatic rings. The van der Waals surface area contributed by atoms with E-state index >= 15 is 0 Å². The van der Waals surface area contributed by atoms with Crippen LogP contribution in [0.5, 0.6) is 0 Å². The van der Waals surface area contributed by atoms with Crippen molar-refractivity contribution in [1.82, 2.24) is 0 Å². The Bertz CT molecular complexity index is 277. The summed E-state index contributed by atoms with van der Waals surface area (Å²) in [7, 11) is 1.73. The number of halogens is 1. The minimum atomic E-state index is 0.120. The van der Waals surface area contributed by atoms with Gasteiger partial charge in [0.25, 0.3) is 0 Å². The van der Waals surface area contributed by atoms with E-state index in [4.69, 9.17) is 10.5 Å². The van der Waals surface area contributed by atoms with E-state index in [1.807, 2.05) is 6.07 Å². The monoisotopic (exact) mass is 277 g/mol. The molecule has 0 bridgehead atoms. The third kappa shape index (κ3) is 3.35. The van der Waals surface area contributed by atoms with E-state index in [1.165, 1.54) is 4.88 Å². The van der Waals surface area contributed by atoms with Gasteiger partial charge in [-0.15, -0.1) is 11.3 Å². The molecule has 2 atom stereocenters. The molecular formula is C10H16BrNOS. The van der Waals surface area contributed by atoms with Gasteiger partial charge in [-0.3, -0.25) is 0 Å². The molecule has 2 nitrogen and oxygen atoms in total. The van der Waals surface area contributed by atoms with Crippen LogP contribution in [0.15, 0.2) is 15.9 Å². The Labute approximate surface area is 97.6 Å². The molecule has 0 aliphatic carbocycles. The normalized spacial score (nSPS) is 15.4. The van der Waals surface area contributed by atoms with Gasteiger partial charge >= 0.3 is 0 Å². The smallest absolute Gasteiger partial charge is 0.0488 e. The molecule has 2 unspecified atom stereocenters. The number of hydrogen-bond acceptors (Lipinski definition) is 3. The molecular weight excluding hydrogens is 262 g/mol. The van der Waals surface area contributed by atoms with Crippen LogP contribution in [-0.4, -0.2) is 13.7 Å². The van der Waals surface area contributed by atoms with Gasteiger partial charge < -0.3 is 10.5 Å². The van der Waals surface area contributed by atoms with Crippen molar-refractivity contribution in [2.24, 2.45) is 11.7 Å². The minimum absolute atomic E-state index is 0.120. The van der Waals surface area contributed by atoms with E-state index in [1.54, 1.807) is 18.4 Å². The van der Waals surface area contributed by atoms with E-state index in [0.29, 0.717) is 5.92 Å². The van der Waals surface area contributed by atoms with Gasteiger partial charge in [0.05, 0.1) is 0 Å². The van der Waals surface area contributed by atoms with E-state index in [2.05, 4.69) is 28.2 Å². The molecule has 1 rings (SSSR count). The number of methoxy groups -OCH3 is 1. The maximum Gasteiger partial charge on any atom is 0.0488 e. The molecule has 0 spiro atoms. The number of nitrogens with two attached hydrogens (primary N) is 1. The third-order valence-corrected chi connectivity index (χ3v) is 4.09. The predicted molar refractivity (Wildman–Crippen MR) is 64.6 cm³/mol. The van der Waals surface area contributed by atoms with Gasteiger partial charge in [-0.05, 0) is 39.7 Å². The van der Waals surface area contributed by atoms with Gasteiger partial charge in [0, 0.05) is 29.1 Å². The van der Waals surface area contributed by atoms with Crippen molar-refractivity contribution in [2.75, 3.05) is 13.7 Å². The first-order chi connectivity index (χ1) is 6.65. The predicted octanol–water partition coefficient (Wildman–Crippen LogP) is 3.18. The van der Waals surface area contributed by atoms with E-state index in [0.717, 1.165) is 17.5 Å². The summed E-state index contributed by atoms with van der Waals surface area (Å²) in [6, 6.07) is 2.16. The highest BCUT2D eigenvalue weighted by molar-refractivity contribution is 9.10. The van der Waals surface area contributed by atoms with Gasteiger partial charge in [-0.1, -0.05) is 6.92 Å². The van der Waals surface area contributed by atoms with Crippen LogP contribution >= 0.6 is 27.3 Å². The van der Waals surface area contributed by atoms with E-state index in [-0.39, 0.29) is 6.04 Å². The zero-order valence-electron chi connectivity index (χ0n) is 8.50. The SMILES string of the molecule is COCC(C)CC(N)c1sccc1Br. The molecule has 1 heterocycles. The van der Waals surface area contributed by atoms with Crippen LogP contribution in [0.2, 0.25) is 0 Å². The highest BCUT2D eigenvalue weighted by atomic mass is 79.9. The summed E-state index contributed by atoms with van der Waals surface area (Å²) >= 11 is 5.20. The fourth-order valence-corrected chi connectivity index (χ4v) is 3.15. The lowest BCUT2D eigenvalue weighted by Crippen LogP contribution is -2.15. The van der Waals surface area contributed by atoms with Crippen molar-refractivity contribution in [1.29, 1.82) is 0 Å². The van der Waals surface area contributed by atoms with Crippen LogP contribution in [0.1, 0.15) is 24.3 Å². The summed E-state index contributed by atoms with van der Waals surface area (Å²) in [5.74, 6) is 0.504. The first-order valence-electron chi connectivity index (χ1n) is 4.62. The van der Waals surface area contributed by atoms with E-state index < -0.39 is 0 Å². The Morgan fingerprint density at radius 1 is 1.64 bits per heavy atom. The quantitative estimate of drug-likeness (QED) is 0.897. The molecule has 2 N–H and O–H groups in total. The van der Waals surface area contributed by atoms with Crippen molar-refractivity contribution in [3.63, 3.8) is 0 Å². The largest absolute Gasteiger partial charge is 0.384 e. The van der Waals surface area contributed by atoms with Crippen LogP contribution in [-0.2, 0) is 4.74 Å². The summed E-state index contributed by atoms with van der Waals surface area (Å²) in [6.07, 6.45) is 0.965. The Morgan fingerprint density at radius 3 is 2.86 bits per heavy atom. The second-order valence-electron chi connectivity index (χ2n) is 3.54. The van der Waals surface area contributed by atoms with Crippen molar-refractivity contribution < 1.29 is 4.74 Å². The maximum absolute atomic E-state index is 6.10. The second-order valence-corrected chi connectivity index (χ2v) is 5.34. The molecule has 0 saturated carbocycles. The van der Waals surface area contributed by atoms with Crippen molar-refractivity contribution in [2.45, 2.75) is 19.4 Å². The molecule has 14 heavy (non-hydrogen) atoms. The average molecular weight is 278 g/mol. The molecule has 80 valence electrons. The first kappa shape index (κ1) is 12.2.